The monoisotopic (exact) mass is 1460 g/mol. The lowest BCUT2D eigenvalue weighted by molar-refractivity contribution is 0.413. The molecule has 0 spiro atoms. The van der Waals surface area contributed by atoms with Gasteiger partial charge in [-0.1, -0.05) is 267 Å². The Labute approximate surface area is 650 Å². The van der Waals surface area contributed by atoms with Crippen LogP contribution in [0.2, 0.25) is 0 Å². The topological polar surface area (TPSA) is 130 Å². The fraction of sp³-hybridized carbons (Fsp3) is 0.0800. The molecule has 0 radical (unpaired) electrons. The minimum absolute atomic E-state index is 0.595. The van der Waals surface area contributed by atoms with Crippen LogP contribution in [0.15, 0.2) is 337 Å². The molecule has 14 aromatic rings. The van der Waals surface area contributed by atoms with E-state index < -0.39 is 0 Å². The van der Waals surface area contributed by atoms with Gasteiger partial charge in [-0.2, -0.15) is 0 Å². The zero-order chi connectivity index (χ0) is 76.3. The zero-order valence-electron chi connectivity index (χ0n) is 63.2. The van der Waals surface area contributed by atoms with E-state index in [-0.39, 0.29) is 0 Å². The van der Waals surface area contributed by atoms with E-state index >= 15 is 0 Å². The standard InChI is InChI=1S/C100H78N4O8/c1-105-73-53-29-21-45-65(73)85-86(66-46-22-30-54-74(66)106-2)94-82(62-39-15-10-16-40-62)96-89(69-49-25-33-57-77(69)109-5)90(70-50-26-34-58-78(70)110-6)98(103-96)84(64-43-19-12-20-44-64)100-92(72-52-28-36-60-80(72)112-8)91(71-51-27-35-59-79(71)111-7)99(104-100)83(63-41-17-11-18-42-63)97-88(68-48-24-32-56-76(68)108-4)87(67-47-23-31-55-75(67)107-3)95(102-97)81(93(85)101-94)61-37-13-9-14-38-61/h9-60,101,104H,1-8H3. The first-order valence-corrected chi connectivity index (χ1v) is 37.1. The van der Waals surface area contributed by atoms with Gasteiger partial charge in [-0.3, -0.25) is 0 Å². The lowest BCUT2D eigenvalue weighted by Gasteiger charge is -2.20. The van der Waals surface area contributed by atoms with Crippen LogP contribution < -0.4 is 48.6 Å². The highest BCUT2D eigenvalue weighted by Gasteiger charge is 2.42. The predicted octanol–water partition coefficient (Wildman–Crippen LogP) is 20.8. The number of nitrogens with one attached hydrogen (secondary N) is 2. The Morgan fingerprint density at radius 3 is 0.652 bits per heavy atom. The molecule has 112 heavy (non-hydrogen) atoms. The van der Waals surface area contributed by atoms with Crippen molar-refractivity contribution in [2.75, 3.05) is 56.9 Å². The molecule has 12 heteroatoms. The average molecular weight is 1460 g/mol. The second-order valence-electron chi connectivity index (χ2n) is 26.9. The first-order chi connectivity index (χ1) is 55.3. The third-order valence-corrected chi connectivity index (χ3v) is 21.1. The number of aromatic nitrogens is 2. The van der Waals surface area contributed by atoms with Crippen LogP contribution in [0, 0.1) is 0 Å². The Bertz CT molecular complexity index is 5960. The van der Waals surface area contributed by atoms with E-state index in [9.17, 15) is 0 Å². The molecule has 0 fully saturated rings. The smallest absolute Gasteiger partial charge is 0.126 e. The largest absolute Gasteiger partial charge is 0.496 e. The van der Waals surface area contributed by atoms with Crippen molar-refractivity contribution in [1.82, 2.24) is 9.97 Å². The van der Waals surface area contributed by atoms with Crippen LogP contribution >= 0.6 is 0 Å². The second kappa shape index (κ2) is 30.7. The number of benzene rings is 12. The predicted molar refractivity (Wildman–Crippen MR) is 452 cm³/mol. The summed E-state index contributed by atoms with van der Waals surface area (Å²) in [4.78, 5) is 22.1. The second-order valence-corrected chi connectivity index (χ2v) is 26.9. The molecule has 0 atom stereocenters. The SMILES string of the molecule is COc1ccccc1C1=C(c2ccccc2OC)C2=C(c3ccccc3)c3[nH]c(c(-c4ccccc4OC)c3-c3ccccc3OC)C(c3ccccc3)=C3N=C(C(c4ccccc4OC)=C3c3ccccc3OC)C(c3ccccc3)=c3[nH]c(c(-c4ccccc4OC)c3-c3ccccc3OC)=C(c3ccccc3)C1=N2. The molecule has 8 bridgehead atoms. The number of fused-ring (bicyclic) bond motifs is 10. The summed E-state index contributed by atoms with van der Waals surface area (Å²) in [6.45, 7) is 0. The molecule has 2 N–H and O–H groups in total. The first kappa shape index (κ1) is 70.6. The quantitative estimate of drug-likeness (QED) is 0.0772. The van der Waals surface area contributed by atoms with Crippen molar-refractivity contribution in [2.24, 2.45) is 9.98 Å². The lowest BCUT2D eigenvalue weighted by Crippen LogP contribution is -2.24. The molecule has 4 heterocycles. The molecule has 3 aliphatic rings. The van der Waals surface area contributed by atoms with Crippen LogP contribution in [0.1, 0.15) is 55.9 Å². The van der Waals surface area contributed by atoms with Gasteiger partial charge in [0.15, 0.2) is 0 Å². The minimum atomic E-state index is 0.595. The highest BCUT2D eigenvalue weighted by Crippen LogP contribution is 2.58. The molecule has 1 aliphatic carbocycles. The molecule has 17 rings (SSSR count). The van der Waals surface area contributed by atoms with E-state index in [4.69, 9.17) is 47.9 Å². The third-order valence-electron chi connectivity index (χ3n) is 21.1. The van der Waals surface area contributed by atoms with Crippen LogP contribution in [0.25, 0.3) is 89.1 Å². The van der Waals surface area contributed by atoms with E-state index in [1.54, 1.807) is 56.9 Å². The summed E-state index contributed by atoms with van der Waals surface area (Å²) in [5.74, 6) is 4.88. The molecule has 0 unspecified atom stereocenters. The number of para-hydroxylation sites is 8. The van der Waals surface area contributed by atoms with Crippen LogP contribution in [0.4, 0.5) is 0 Å². The summed E-state index contributed by atoms with van der Waals surface area (Å²) < 4.78 is 53.5. The molecule has 2 aliphatic heterocycles. The number of ether oxygens (including phenoxy) is 8. The van der Waals surface area contributed by atoms with Gasteiger partial charge in [0, 0.05) is 111 Å². The van der Waals surface area contributed by atoms with Crippen molar-refractivity contribution in [3.8, 4) is 90.5 Å². The van der Waals surface area contributed by atoms with Crippen molar-refractivity contribution < 1.29 is 37.9 Å². The number of H-pyrrole nitrogens is 2. The van der Waals surface area contributed by atoms with Gasteiger partial charge in [0.2, 0.25) is 0 Å². The van der Waals surface area contributed by atoms with Crippen LogP contribution in [0.5, 0.6) is 46.0 Å². The average Bonchev–Trinajstić information content (AvgIpc) is 1.54. The number of rotatable bonds is 20. The van der Waals surface area contributed by atoms with Crippen molar-refractivity contribution in [3.63, 3.8) is 0 Å². The van der Waals surface area contributed by atoms with Crippen molar-refractivity contribution >= 4 is 56.0 Å². The summed E-state index contributed by atoms with van der Waals surface area (Å²) >= 11 is 0. The van der Waals surface area contributed by atoms with E-state index in [0.29, 0.717) is 90.9 Å². The molecular formula is C100H78N4O8. The maximum absolute atomic E-state index is 6.69. The zero-order valence-corrected chi connectivity index (χ0v) is 63.2. The molecule has 0 amide bonds. The summed E-state index contributed by atoms with van der Waals surface area (Å²) in [7, 11) is 13.8. The molecule has 12 aromatic carbocycles. The van der Waals surface area contributed by atoms with Gasteiger partial charge in [0.25, 0.3) is 0 Å². The van der Waals surface area contributed by atoms with Gasteiger partial charge in [-0.25, -0.2) is 9.98 Å². The van der Waals surface area contributed by atoms with Crippen LogP contribution in [0.3, 0.4) is 0 Å². The number of aliphatic imine (C=N–C) groups is 2. The summed E-state index contributed by atoms with van der Waals surface area (Å²) in [6, 6.07) is 108. The lowest BCUT2D eigenvalue weighted by atomic mass is 9.82. The fourth-order valence-electron chi connectivity index (χ4n) is 16.3. The highest BCUT2D eigenvalue weighted by atomic mass is 16.5. The van der Waals surface area contributed by atoms with Gasteiger partial charge < -0.3 is 47.9 Å². The summed E-state index contributed by atoms with van der Waals surface area (Å²) in [5, 5.41) is 1.37. The molecule has 546 valence electrons. The van der Waals surface area contributed by atoms with E-state index in [2.05, 4.69) is 228 Å². The van der Waals surface area contributed by atoms with Gasteiger partial charge in [-0.05, 0) is 70.8 Å². The number of allylic oxidation sites excluding steroid dienone is 4. The van der Waals surface area contributed by atoms with Gasteiger partial charge in [0.1, 0.15) is 46.0 Å². The molecule has 0 saturated heterocycles. The van der Waals surface area contributed by atoms with E-state index in [1.807, 2.05) is 97.1 Å². The Morgan fingerprint density at radius 1 is 0.188 bits per heavy atom. The number of nitrogens with zero attached hydrogens (tertiary/aromatic N) is 2. The Morgan fingerprint density at radius 2 is 0.393 bits per heavy atom. The number of aromatic amines is 2. The number of hydrogen-bond donors (Lipinski definition) is 2. The Kier molecular flexibility index (Phi) is 19.4. The first-order valence-electron chi connectivity index (χ1n) is 37.1. The molecule has 0 saturated carbocycles. The normalized spacial score (nSPS) is 13.3. The van der Waals surface area contributed by atoms with Crippen LogP contribution in [-0.4, -0.2) is 78.3 Å². The molecule has 2 aromatic heterocycles. The summed E-state index contributed by atoms with van der Waals surface area (Å²) in [6.07, 6.45) is 0. The van der Waals surface area contributed by atoms with Gasteiger partial charge in [-0.15, -0.1) is 0 Å². The maximum atomic E-state index is 6.69. The highest BCUT2D eigenvalue weighted by molar-refractivity contribution is 6.53. The van der Waals surface area contributed by atoms with Crippen molar-refractivity contribution in [3.05, 3.63) is 393 Å². The number of hydrogen-bond acceptors (Lipinski definition) is 10. The molecular weight excluding hydrogens is 1390 g/mol. The minimum Gasteiger partial charge on any atom is -0.496 e. The molecule has 12 nitrogen and oxygen atoms in total. The fourth-order valence-corrected chi connectivity index (χ4v) is 16.3. The number of methoxy groups -OCH3 is 8. The maximum Gasteiger partial charge on any atom is 0.126 e. The van der Waals surface area contributed by atoms with E-state index in [0.717, 1.165) is 134 Å². The van der Waals surface area contributed by atoms with Gasteiger partial charge in [0.05, 0.1) is 102 Å². The van der Waals surface area contributed by atoms with E-state index in [1.165, 1.54) is 0 Å². The Hall–Kier alpha value is -14.4. The Balaban J connectivity index is 1.29. The van der Waals surface area contributed by atoms with Crippen LogP contribution in [-0.2, 0) is 0 Å². The van der Waals surface area contributed by atoms with Crippen molar-refractivity contribution in [1.29, 1.82) is 0 Å². The van der Waals surface area contributed by atoms with Gasteiger partial charge >= 0.3 is 0 Å². The third kappa shape index (κ3) is 12.1. The van der Waals surface area contributed by atoms with Crippen molar-refractivity contribution in [2.45, 2.75) is 0 Å². The summed E-state index contributed by atoms with van der Waals surface area (Å²) in [5.41, 5.74) is 22.2.